The highest BCUT2D eigenvalue weighted by Gasteiger charge is 2.34. The molecule has 1 saturated heterocycles. The van der Waals surface area contributed by atoms with E-state index >= 15 is 0 Å². The summed E-state index contributed by atoms with van der Waals surface area (Å²) in [5.74, 6) is -0.924. The van der Waals surface area contributed by atoms with Crippen LogP contribution in [0.4, 0.5) is 5.69 Å². The monoisotopic (exact) mass is 536 g/mol. The van der Waals surface area contributed by atoms with Crippen molar-refractivity contribution < 1.29 is 28.9 Å². The Hall–Kier alpha value is -3.04. The highest BCUT2D eigenvalue weighted by molar-refractivity contribution is 5.95. The van der Waals surface area contributed by atoms with E-state index < -0.39 is 24.3 Å². The van der Waals surface area contributed by atoms with Gasteiger partial charge < -0.3 is 24.6 Å². The second-order valence-corrected chi connectivity index (χ2v) is 10.4. The molecule has 0 radical (unpaired) electrons. The molecule has 1 aliphatic carbocycles. The van der Waals surface area contributed by atoms with E-state index in [-0.39, 0.29) is 18.8 Å². The van der Waals surface area contributed by atoms with Gasteiger partial charge in [-0.2, -0.15) is 0 Å². The van der Waals surface area contributed by atoms with Gasteiger partial charge in [0.1, 0.15) is 0 Å². The quantitative estimate of drug-likeness (QED) is 0.307. The van der Waals surface area contributed by atoms with E-state index in [0.29, 0.717) is 18.2 Å². The smallest absolute Gasteiger partial charge is 0.303 e. The molecule has 0 unspecified atom stereocenters. The van der Waals surface area contributed by atoms with Gasteiger partial charge in [0.25, 0.3) is 5.91 Å². The van der Waals surface area contributed by atoms with Crippen LogP contribution in [-0.4, -0.2) is 53.2 Å². The van der Waals surface area contributed by atoms with Crippen LogP contribution in [-0.2, 0) is 30.4 Å². The van der Waals surface area contributed by atoms with E-state index in [2.05, 4.69) is 16.8 Å². The Morgan fingerprint density at radius 2 is 1.90 bits per heavy atom. The van der Waals surface area contributed by atoms with Gasteiger partial charge in [0.05, 0.1) is 18.8 Å². The number of hydrogen-bond acceptors (Lipinski definition) is 7. The van der Waals surface area contributed by atoms with Crippen LogP contribution in [0.3, 0.4) is 0 Å². The van der Waals surface area contributed by atoms with Crippen LogP contribution in [0.25, 0.3) is 0 Å². The maximum absolute atomic E-state index is 12.5. The van der Waals surface area contributed by atoms with Crippen LogP contribution in [0.2, 0.25) is 0 Å². The SMILES string of the molecule is C=CCN(C[C@H]1C[C@@H](c2ccc(CO)cc2)O[C@@H](c2cccc(NC(=O)[C@H](C)OC(C)=O)c2)O1)C1CCCC1. The summed E-state index contributed by atoms with van der Waals surface area (Å²) >= 11 is 0. The summed E-state index contributed by atoms with van der Waals surface area (Å²) < 4.78 is 18.0. The molecular formula is C31H40N2O6. The molecule has 2 aromatic carbocycles. The Kier molecular flexibility index (Phi) is 10.3. The zero-order valence-corrected chi connectivity index (χ0v) is 22.9. The highest BCUT2D eigenvalue weighted by Crippen LogP contribution is 2.39. The number of aliphatic hydroxyl groups excluding tert-OH is 1. The summed E-state index contributed by atoms with van der Waals surface area (Å²) in [7, 11) is 0. The average molecular weight is 537 g/mol. The fourth-order valence-corrected chi connectivity index (χ4v) is 5.41. The van der Waals surface area contributed by atoms with Crippen molar-refractivity contribution >= 4 is 17.6 Å². The van der Waals surface area contributed by atoms with Crippen molar-refractivity contribution in [1.82, 2.24) is 4.90 Å². The third kappa shape index (κ3) is 7.99. The maximum atomic E-state index is 12.5. The zero-order valence-electron chi connectivity index (χ0n) is 22.9. The fourth-order valence-electron chi connectivity index (χ4n) is 5.41. The van der Waals surface area contributed by atoms with Crippen molar-refractivity contribution in [3.05, 3.63) is 77.9 Å². The maximum Gasteiger partial charge on any atom is 0.303 e. The number of carbonyl (C=O) groups is 2. The summed E-state index contributed by atoms with van der Waals surface area (Å²) in [5.41, 5.74) is 3.23. The molecule has 210 valence electrons. The van der Waals surface area contributed by atoms with Crippen LogP contribution in [0.15, 0.2) is 61.2 Å². The lowest BCUT2D eigenvalue weighted by Crippen LogP contribution is -2.43. The van der Waals surface area contributed by atoms with Crippen LogP contribution >= 0.6 is 0 Å². The minimum Gasteiger partial charge on any atom is -0.453 e. The minimum atomic E-state index is -0.907. The summed E-state index contributed by atoms with van der Waals surface area (Å²) in [6.07, 6.45) is 5.74. The molecule has 1 amide bonds. The van der Waals surface area contributed by atoms with Crippen molar-refractivity contribution in [3.8, 4) is 0 Å². The van der Waals surface area contributed by atoms with E-state index in [1.165, 1.54) is 39.5 Å². The summed E-state index contributed by atoms with van der Waals surface area (Å²) in [4.78, 5) is 26.2. The lowest BCUT2D eigenvalue weighted by molar-refractivity contribution is -0.253. The molecule has 0 bridgehead atoms. The normalized spacial score (nSPS) is 22.4. The van der Waals surface area contributed by atoms with Crippen molar-refractivity contribution in [2.75, 3.05) is 18.4 Å². The molecule has 2 N–H and O–H groups in total. The number of nitrogens with one attached hydrogen (secondary N) is 1. The van der Waals surface area contributed by atoms with Crippen LogP contribution in [0.5, 0.6) is 0 Å². The number of nitrogens with zero attached hydrogens (tertiary/aromatic N) is 1. The summed E-state index contributed by atoms with van der Waals surface area (Å²) in [6.45, 7) is 8.37. The van der Waals surface area contributed by atoms with Crippen molar-refractivity contribution in [1.29, 1.82) is 0 Å². The zero-order chi connectivity index (χ0) is 27.8. The molecule has 4 atom stereocenters. The van der Waals surface area contributed by atoms with Crippen molar-refractivity contribution in [3.63, 3.8) is 0 Å². The van der Waals surface area contributed by atoms with Gasteiger partial charge >= 0.3 is 5.97 Å². The topological polar surface area (TPSA) is 97.3 Å². The molecule has 4 rings (SSSR count). The number of rotatable bonds is 11. The van der Waals surface area contributed by atoms with Crippen LogP contribution in [0.1, 0.15) is 75.0 Å². The third-order valence-electron chi connectivity index (χ3n) is 7.40. The van der Waals surface area contributed by atoms with Crippen LogP contribution in [0, 0.1) is 0 Å². The Balaban J connectivity index is 1.54. The lowest BCUT2D eigenvalue weighted by Gasteiger charge is -2.39. The van der Waals surface area contributed by atoms with Crippen LogP contribution < -0.4 is 5.32 Å². The molecular weight excluding hydrogens is 496 g/mol. The first-order chi connectivity index (χ1) is 18.9. The van der Waals surface area contributed by atoms with Gasteiger partial charge in [-0.05, 0) is 43.0 Å². The molecule has 8 heteroatoms. The predicted octanol–water partition coefficient (Wildman–Crippen LogP) is 5.05. The van der Waals surface area contributed by atoms with E-state index in [0.717, 1.165) is 29.8 Å². The van der Waals surface area contributed by atoms with Gasteiger partial charge in [-0.25, -0.2) is 0 Å². The Morgan fingerprint density at radius 3 is 2.56 bits per heavy atom. The molecule has 1 aliphatic heterocycles. The third-order valence-corrected chi connectivity index (χ3v) is 7.40. The molecule has 8 nitrogen and oxygen atoms in total. The van der Waals surface area contributed by atoms with Gasteiger partial charge in [0, 0.05) is 43.7 Å². The molecule has 1 heterocycles. The van der Waals surface area contributed by atoms with Gasteiger partial charge in [-0.15, -0.1) is 6.58 Å². The second-order valence-electron chi connectivity index (χ2n) is 10.4. The number of anilines is 1. The largest absolute Gasteiger partial charge is 0.453 e. The lowest BCUT2D eigenvalue weighted by atomic mass is 9.99. The van der Waals surface area contributed by atoms with Crippen molar-refractivity contribution in [2.45, 2.75) is 83.2 Å². The second kappa shape index (κ2) is 13.8. The minimum absolute atomic E-state index is 0.00729. The highest BCUT2D eigenvalue weighted by atomic mass is 16.7. The Morgan fingerprint density at radius 1 is 1.15 bits per heavy atom. The fraction of sp³-hybridized carbons (Fsp3) is 0.484. The van der Waals surface area contributed by atoms with Gasteiger partial charge in [0.2, 0.25) is 0 Å². The number of amides is 1. The van der Waals surface area contributed by atoms with Gasteiger partial charge in [-0.1, -0.05) is 55.3 Å². The number of benzene rings is 2. The standard InChI is InChI=1S/C31H40N2O6/c1-4-16-33(27-10-5-6-11-27)19-28-18-29(24-14-12-23(20-34)13-15-24)39-31(38-28)25-8-7-9-26(17-25)32-30(36)21(2)37-22(3)35/h4,7-9,12-15,17,21,27-29,31,34H,1,5-6,10-11,16,18-20H2,2-3H3,(H,32,36)/t21-,28+,29-,31-/m0/s1. The number of aliphatic hydroxyl groups is 1. The Bertz CT molecular complexity index is 1110. The summed E-state index contributed by atoms with van der Waals surface area (Å²) in [6, 6.07) is 15.7. The first kappa shape index (κ1) is 29.0. The average Bonchev–Trinajstić information content (AvgIpc) is 3.48. The molecule has 39 heavy (non-hydrogen) atoms. The van der Waals surface area contributed by atoms with Gasteiger partial charge in [-0.3, -0.25) is 14.5 Å². The number of hydrogen-bond donors (Lipinski definition) is 2. The molecule has 2 fully saturated rings. The number of carbonyl (C=O) groups excluding carboxylic acids is 2. The first-order valence-electron chi connectivity index (χ1n) is 13.8. The van der Waals surface area contributed by atoms with Gasteiger partial charge in [0.15, 0.2) is 12.4 Å². The van der Waals surface area contributed by atoms with E-state index in [9.17, 15) is 14.7 Å². The number of ether oxygens (including phenoxy) is 3. The first-order valence-corrected chi connectivity index (χ1v) is 13.8. The molecule has 0 spiro atoms. The van der Waals surface area contributed by atoms with E-state index in [4.69, 9.17) is 14.2 Å². The van der Waals surface area contributed by atoms with E-state index in [1.54, 1.807) is 6.07 Å². The molecule has 1 saturated carbocycles. The predicted molar refractivity (Wildman–Crippen MR) is 149 cm³/mol. The Labute approximate surface area is 230 Å². The molecule has 2 aromatic rings. The summed E-state index contributed by atoms with van der Waals surface area (Å²) in [5, 5.41) is 12.3. The van der Waals surface area contributed by atoms with E-state index in [1.807, 2.05) is 48.5 Å². The van der Waals surface area contributed by atoms with Crippen molar-refractivity contribution in [2.24, 2.45) is 0 Å². The molecule has 2 aliphatic rings. The molecule has 0 aromatic heterocycles. The number of esters is 1.